The van der Waals surface area contributed by atoms with E-state index in [9.17, 15) is 18.0 Å². The van der Waals surface area contributed by atoms with E-state index in [-0.39, 0.29) is 5.92 Å². The summed E-state index contributed by atoms with van der Waals surface area (Å²) in [6.07, 6.45) is -6.09. The number of nitrogens with two attached hydrogens (primary N) is 1. The first kappa shape index (κ1) is 15.2. The Labute approximate surface area is 102 Å². The molecule has 5 nitrogen and oxygen atoms in total. The maximum atomic E-state index is 12.0. The molecule has 2 atom stereocenters. The number of aliphatic hydroxyl groups excluding tert-OH is 1. The SMILES string of the molecule is NC(C(=O)NCC(O)C(F)(F)F)C1CCOCC1. The molecule has 0 spiro atoms. The van der Waals surface area contributed by atoms with Crippen LogP contribution in [0.25, 0.3) is 0 Å². The minimum atomic E-state index is -4.74. The van der Waals surface area contributed by atoms with Crippen LogP contribution in [0.2, 0.25) is 0 Å². The summed E-state index contributed by atoms with van der Waals surface area (Å²) in [4.78, 5) is 11.5. The van der Waals surface area contributed by atoms with Crippen LogP contribution in [0.5, 0.6) is 0 Å². The number of hydrogen-bond acceptors (Lipinski definition) is 4. The highest BCUT2D eigenvalue weighted by Crippen LogP contribution is 2.20. The Morgan fingerprint density at radius 2 is 2.00 bits per heavy atom. The third-order valence-corrected chi connectivity index (χ3v) is 2.92. The second kappa shape index (κ2) is 6.35. The van der Waals surface area contributed by atoms with Crippen LogP contribution in [0.3, 0.4) is 0 Å². The minimum Gasteiger partial charge on any atom is -0.382 e. The Hall–Kier alpha value is -0.860. The van der Waals surface area contributed by atoms with Crippen LogP contribution >= 0.6 is 0 Å². The molecule has 106 valence electrons. The Morgan fingerprint density at radius 3 is 2.50 bits per heavy atom. The minimum absolute atomic E-state index is 0.0956. The lowest BCUT2D eigenvalue weighted by atomic mass is 9.92. The average Bonchev–Trinajstić information content (AvgIpc) is 2.34. The molecular formula is C10H17F3N2O3. The van der Waals surface area contributed by atoms with Crippen molar-refractivity contribution in [3.63, 3.8) is 0 Å². The summed E-state index contributed by atoms with van der Waals surface area (Å²) in [5.41, 5.74) is 5.66. The molecule has 0 aliphatic carbocycles. The molecule has 1 heterocycles. The molecule has 0 saturated carbocycles. The first-order chi connectivity index (χ1) is 8.32. The summed E-state index contributed by atoms with van der Waals surface area (Å²) in [5, 5.41) is 10.7. The predicted molar refractivity (Wildman–Crippen MR) is 56.6 cm³/mol. The van der Waals surface area contributed by atoms with Gasteiger partial charge in [0.1, 0.15) is 0 Å². The van der Waals surface area contributed by atoms with Gasteiger partial charge in [-0.15, -0.1) is 0 Å². The maximum absolute atomic E-state index is 12.0. The number of nitrogens with one attached hydrogen (secondary N) is 1. The molecule has 8 heteroatoms. The number of ether oxygens (including phenoxy) is 1. The third kappa shape index (κ3) is 4.43. The first-order valence-corrected chi connectivity index (χ1v) is 5.68. The number of carbonyl (C=O) groups is 1. The van der Waals surface area contributed by atoms with Crippen LogP contribution in [-0.2, 0) is 9.53 Å². The lowest BCUT2D eigenvalue weighted by Crippen LogP contribution is -2.50. The van der Waals surface area contributed by atoms with E-state index in [0.717, 1.165) is 0 Å². The number of alkyl halides is 3. The molecule has 1 rings (SSSR count). The van der Waals surface area contributed by atoms with Crippen molar-refractivity contribution in [3.05, 3.63) is 0 Å². The highest BCUT2D eigenvalue weighted by Gasteiger charge is 2.38. The molecule has 18 heavy (non-hydrogen) atoms. The van der Waals surface area contributed by atoms with E-state index in [1.54, 1.807) is 0 Å². The molecule has 0 aromatic heterocycles. The van der Waals surface area contributed by atoms with E-state index in [0.29, 0.717) is 26.1 Å². The van der Waals surface area contributed by atoms with Crippen molar-refractivity contribution in [2.45, 2.75) is 31.2 Å². The standard InChI is InChI=1S/C10H17F3N2O3/c11-10(12,13)7(16)5-15-9(17)8(14)6-1-3-18-4-2-6/h6-8,16H,1-5,14H2,(H,15,17). The molecule has 0 radical (unpaired) electrons. The summed E-state index contributed by atoms with van der Waals surface area (Å²) < 4.78 is 41.1. The third-order valence-electron chi connectivity index (χ3n) is 2.92. The van der Waals surface area contributed by atoms with Crippen molar-refractivity contribution < 1.29 is 27.8 Å². The summed E-state index contributed by atoms with van der Waals surface area (Å²) in [6, 6.07) is -0.866. The Kier molecular flexibility index (Phi) is 5.36. The van der Waals surface area contributed by atoms with Gasteiger partial charge in [0.05, 0.1) is 12.6 Å². The summed E-state index contributed by atoms with van der Waals surface area (Å²) >= 11 is 0. The number of aliphatic hydroxyl groups is 1. The molecule has 1 aliphatic rings. The zero-order chi connectivity index (χ0) is 13.8. The number of rotatable bonds is 4. The Balaban J connectivity index is 2.35. The molecular weight excluding hydrogens is 253 g/mol. The second-order valence-corrected chi connectivity index (χ2v) is 4.28. The van der Waals surface area contributed by atoms with Crippen LogP contribution in [0.15, 0.2) is 0 Å². The van der Waals surface area contributed by atoms with Gasteiger partial charge in [-0.2, -0.15) is 13.2 Å². The number of carbonyl (C=O) groups excluding carboxylic acids is 1. The van der Waals surface area contributed by atoms with Gasteiger partial charge in [-0.05, 0) is 18.8 Å². The van der Waals surface area contributed by atoms with Crippen LogP contribution in [0.1, 0.15) is 12.8 Å². The second-order valence-electron chi connectivity index (χ2n) is 4.28. The zero-order valence-corrected chi connectivity index (χ0v) is 9.74. The van der Waals surface area contributed by atoms with E-state index >= 15 is 0 Å². The normalized spacial score (nSPS) is 21.4. The van der Waals surface area contributed by atoms with Gasteiger partial charge < -0.3 is 20.9 Å². The molecule has 0 aromatic carbocycles. The van der Waals surface area contributed by atoms with Crippen LogP contribution < -0.4 is 11.1 Å². The Bertz CT molecular complexity index is 280. The zero-order valence-electron chi connectivity index (χ0n) is 9.74. The quantitative estimate of drug-likeness (QED) is 0.659. The van der Waals surface area contributed by atoms with Gasteiger partial charge >= 0.3 is 6.18 Å². The van der Waals surface area contributed by atoms with Gasteiger partial charge in [0.15, 0.2) is 6.10 Å². The molecule has 1 fully saturated rings. The van der Waals surface area contributed by atoms with Gasteiger partial charge in [0, 0.05) is 13.2 Å². The maximum Gasteiger partial charge on any atom is 0.416 e. The van der Waals surface area contributed by atoms with E-state index in [1.807, 2.05) is 5.32 Å². The van der Waals surface area contributed by atoms with Gasteiger partial charge in [-0.1, -0.05) is 0 Å². The van der Waals surface area contributed by atoms with Gasteiger partial charge in [-0.3, -0.25) is 4.79 Å². The first-order valence-electron chi connectivity index (χ1n) is 5.68. The predicted octanol–water partition coefficient (Wildman–Crippen LogP) is -0.220. The largest absolute Gasteiger partial charge is 0.416 e. The summed E-state index contributed by atoms with van der Waals surface area (Å²) in [7, 11) is 0. The fourth-order valence-corrected chi connectivity index (χ4v) is 1.72. The topological polar surface area (TPSA) is 84.6 Å². The van der Waals surface area contributed by atoms with E-state index in [2.05, 4.69) is 0 Å². The van der Waals surface area contributed by atoms with E-state index in [1.165, 1.54) is 0 Å². The van der Waals surface area contributed by atoms with Crippen LogP contribution in [0.4, 0.5) is 13.2 Å². The summed E-state index contributed by atoms with van der Waals surface area (Å²) in [6.45, 7) is 0.118. The van der Waals surface area contributed by atoms with Crippen molar-refractivity contribution in [2.24, 2.45) is 11.7 Å². The average molecular weight is 270 g/mol. The fraction of sp³-hybridized carbons (Fsp3) is 0.900. The highest BCUT2D eigenvalue weighted by molar-refractivity contribution is 5.81. The molecule has 2 unspecified atom stereocenters. The molecule has 4 N–H and O–H groups in total. The van der Waals surface area contributed by atoms with Crippen LogP contribution in [-0.4, -0.2) is 49.1 Å². The van der Waals surface area contributed by atoms with Gasteiger partial charge in [-0.25, -0.2) is 0 Å². The van der Waals surface area contributed by atoms with Crippen molar-refractivity contribution in [1.29, 1.82) is 0 Å². The van der Waals surface area contributed by atoms with Gasteiger partial charge in [0.2, 0.25) is 5.91 Å². The number of amides is 1. The molecule has 1 amide bonds. The Morgan fingerprint density at radius 1 is 1.44 bits per heavy atom. The molecule has 0 aromatic rings. The molecule has 1 saturated heterocycles. The van der Waals surface area contributed by atoms with Gasteiger partial charge in [0.25, 0.3) is 0 Å². The molecule has 1 aliphatic heterocycles. The van der Waals surface area contributed by atoms with Crippen molar-refractivity contribution in [1.82, 2.24) is 5.32 Å². The van der Waals surface area contributed by atoms with Crippen LogP contribution in [0, 0.1) is 5.92 Å². The number of hydrogen-bond donors (Lipinski definition) is 3. The fourth-order valence-electron chi connectivity index (χ4n) is 1.72. The lowest BCUT2D eigenvalue weighted by Gasteiger charge is -2.27. The molecule has 0 bridgehead atoms. The van der Waals surface area contributed by atoms with Crippen molar-refractivity contribution >= 4 is 5.91 Å². The monoisotopic (exact) mass is 270 g/mol. The van der Waals surface area contributed by atoms with Crippen molar-refractivity contribution in [3.8, 4) is 0 Å². The smallest absolute Gasteiger partial charge is 0.382 e. The highest BCUT2D eigenvalue weighted by atomic mass is 19.4. The lowest BCUT2D eigenvalue weighted by molar-refractivity contribution is -0.201. The van der Waals surface area contributed by atoms with E-state index < -0.39 is 30.8 Å². The van der Waals surface area contributed by atoms with Crippen molar-refractivity contribution in [2.75, 3.05) is 19.8 Å². The summed E-state index contributed by atoms with van der Waals surface area (Å²) in [5.74, 6) is -0.771. The number of halogens is 3. The van der Waals surface area contributed by atoms with E-state index in [4.69, 9.17) is 15.6 Å².